The zero-order chi connectivity index (χ0) is 11.3. The molecule has 1 aliphatic rings. The molecule has 1 saturated carbocycles. The molecule has 0 N–H and O–H groups in total. The summed E-state index contributed by atoms with van der Waals surface area (Å²) in [6.45, 7) is 0. The standard InChI is InChI=1S/C10H15NO4/c1-14-9(12)5-8(6-10(13)15-2)11-7-3-4-7/h7H,3-6H2,1-2H3. The van der Waals surface area contributed by atoms with Gasteiger partial charge in [-0.05, 0) is 12.8 Å². The zero-order valence-electron chi connectivity index (χ0n) is 8.99. The highest BCUT2D eigenvalue weighted by Gasteiger charge is 2.22. The van der Waals surface area contributed by atoms with Gasteiger partial charge in [-0.3, -0.25) is 14.6 Å². The summed E-state index contributed by atoms with van der Waals surface area (Å²) < 4.78 is 9.05. The van der Waals surface area contributed by atoms with Crippen LogP contribution in [-0.4, -0.2) is 37.9 Å². The first-order chi connectivity index (χ1) is 7.15. The molecule has 0 saturated heterocycles. The molecule has 0 radical (unpaired) electrons. The lowest BCUT2D eigenvalue weighted by Crippen LogP contribution is -2.15. The van der Waals surface area contributed by atoms with Crippen molar-refractivity contribution in [2.24, 2.45) is 4.99 Å². The molecule has 1 aliphatic carbocycles. The van der Waals surface area contributed by atoms with Crippen molar-refractivity contribution in [3.05, 3.63) is 0 Å². The Morgan fingerprint density at radius 1 is 1.13 bits per heavy atom. The molecular formula is C10H15NO4. The van der Waals surface area contributed by atoms with Crippen molar-refractivity contribution in [1.29, 1.82) is 0 Å². The van der Waals surface area contributed by atoms with Crippen molar-refractivity contribution in [3.63, 3.8) is 0 Å². The van der Waals surface area contributed by atoms with Crippen LogP contribution in [0.1, 0.15) is 25.7 Å². The molecule has 5 heteroatoms. The van der Waals surface area contributed by atoms with Gasteiger partial charge in [0.05, 0.1) is 33.1 Å². The van der Waals surface area contributed by atoms with E-state index in [1.807, 2.05) is 0 Å². The fourth-order valence-corrected chi connectivity index (χ4v) is 1.09. The third-order valence-corrected chi connectivity index (χ3v) is 2.06. The minimum absolute atomic E-state index is 0.0715. The summed E-state index contributed by atoms with van der Waals surface area (Å²) in [6, 6.07) is 0.286. The molecule has 0 spiro atoms. The van der Waals surface area contributed by atoms with E-state index >= 15 is 0 Å². The van der Waals surface area contributed by atoms with E-state index in [0.717, 1.165) is 12.8 Å². The molecule has 0 unspecified atom stereocenters. The first-order valence-electron chi connectivity index (χ1n) is 4.85. The van der Waals surface area contributed by atoms with Crippen molar-refractivity contribution in [2.75, 3.05) is 14.2 Å². The maximum Gasteiger partial charge on any atom is 0.311 e. The summed E-state index contributed by atoms with van der Waals surface area (Å²) in [6.07, 6.45) is 2.21. The number of ether oxygens (including phenoxy) is 2. The number of rotatable bonds is 5. The number of hydrogen-bond donors (Lipinski definition) is 0. The Bertz CT molecular complexity index is 261. The van der Waals surface area contributed by atoms with Crippen LogP contribution in [0.15, 0.2) is 4.99 Å². The molecule has 84 valence electrons. The van der Waals surface area contributed by atoms with Crippen LogP contribution in [0.25, 0.3) is 0 Å². The number of carbonyl (C=O) groups excluding carboxylic acids is 2. The summed E-state index contributed by atoms with van der Waals surface area (Å²) in [4.78, 5) is 26.4. The van der Waals surface area contributed by atoms with Gasteiger partial charge >= 0.3 is 11.9 Å². The third kappa shape index (κ3) is 4.58. The predicted octanol–water partition coefficient (Wildman–Crippen LogP) is 0.716. The van der Waals surface area contributed by atoms with Gasteiger partial charge in [-0.1, -0.05) is 0 Å². The molecule has 0 bridgehead atoms. The van der Waals surface area contributed by atoms with Crippen LogP contribution in [0.2, 0.25) is 0 Å². The van der Waals surface area contributed by atoms with Crippen molar-refractivity contribution < 1.29 is 19.1 Å². The first-order valence-corrected chi connectivity index (χ1v) is 4.85. The Balaban J connectivity index is 2.52. The molecule has 0 amide bonds. The van der Waals surface area contributed by atoms with Gasteiger partial charge in [-0.2, -0.15) is 0 Å². The van der Waals surface area contributed by atoms with E-state index < -0.39 is 0 Å². The molecule has 0 aromatic rings. The molecule has 0 atom stereocenters. The summed E-state index contributed by atoms with van der Waals surface area (Å²) in [5, 5.41) is 0. The number of nitrogens with zero attached hydrogens (tertiary/aromatic N) is 1. The van der Waals surface area contributed by atoms with Gasteiger partial charge in [0.15, 0.2) is 0 Å². The minimum atomic E-state index is -0.377. The van der Waals surface area contributed by atoms with Gasteiger partial charge < -0.3 is 9.47 Å². The third-order valence-electron chi connectivity index (χ3n) is 2.06. The number of hydrogen-bond acceptors (Lipinski definition) is 5. The Labute approximate surface area is 88.5 Å². The lowest BCUT2D eigenvalue weighted by atomic mass is 10.2. The molecule has 15 heavy (non-hydrogen) atoms. The molecule has 0 aliphatic heterocycles. The fraction of sp³-hybridized carbons (Fsp3) is 0.700. The number of carbonyl (C=O) groups is 2. The van der Waals surface area contributed by atoms with Crippen LogP contribution in [0, 0.1) is 0 Å². The van der Waals surface area contributed by atoms with Gasteiger partial charge in [-0.25, -0.2) is 0 Å². The first kappa shape index (κ1) is 11.7. The second-order valence-corrected chi connectivity index (χ2v) is 3.43. The fourth-order valence-electron chi connectivity index (χ4n) is 1.09. The topological polar surface area (TPSA) is 65.0 Å². The van der Waals surface area contributed by atoms with E-state index in [-0.39, 0.29) is 30.8 Å². The highest BCUT2D eigenvalue weighted by molar-refractivity contribution is 6.06. The number of esters is 2. The Morgan fingerprint density at radius 3 is 1.93 bits per heavy atom. The molecule has 1 fully saturated rings. The van der Waals surface area contributed by atoms with Gasteiger partial charge in [0.25, 0.3) is 0 Å². The summed E-state index contributed by atoms with van der Waals surface area (Å²) in [5.74, 6) is -0.753. The van der Waals surface area contributed by atoms with Gasteiger partial charge in [0.1, 0.15) is 0 Å². The Morgan fingerprint density at radius 2 is 1.60 bits per heavy atom. The highest BCUT2D eigenvalue weighted by Crippen LogP contribution is 2.24. The lowest BCUT2D eigenvalue weighted by Gasteiger charge is -2.04. The minimum Gasteiger partial charge on any atom is -0.469 e. The van der Waals surface area contributed by atoms with E-state index in [1.54, 1.807) is 0 Å². The van der Waals surface area contributed by atoms with E-state index in [4.69, 9.17) is 0 Å². The van der Waals surface area contributed by atoms with Gasteiger partial charge in [0.2, 0.25) is 0 Å². The maximum atomic E-state index is 11.0. The van der Waals surface area contributed by atoms with Crippen LogP contribution in [0.4, 0.5) is 0 Å². The average molecular weight is 213 g/mol. The second-order valence-electron chi connectivity index (χ2n) is 3.43. The monoisotopic (exact) mass is 213 g/mol. The molecule has 5 nitrogen and oxygen atoms in total. The number of aliphatic imine (C=N–C) groups is 1. The quantitative estimate of drug-likeness (QED) is 0.498. The maximum absolute atomic E-state index is 11.0. The summed E-state index contributed by atoms with van der Waals surface area (Å²) in [5.41, 5.74) is 0.552. The van der Waals surface area contributed by atoms with Crippen molar-refractivity contribution in [3.8, 4) is 0 Å². The average Bonchev–Trinajstić information content (AvgIpc) is 3.01. The Hall–Kier alpha value is -1.39. The van der Waals surface area contributed by atoms with Crippen LogP contribution in [-0.2, 0) is 19.1 Å². The summed E-state index contributed by atoms with van der Waals surface area (Å²) in [7, 11) is 2.63. The van der Waals surface area contributed by atoms with Crippen LogP contribution in [0.3, 0.4) is 0 Å². The predicted molar refractivity (Wildman–Crippen MR) is 53.7 cm³/mol. The van der Waals surface area contributed by atoms with Crippen molar-refractivity contribution in [1.82, 2.24) is 0 Å². The molecule has 0 aromatic heterocycles. The molecule has 1 rings (SSSR count). The highest BCUT2D eigenvalue weighted by atomic mass is 16.5. The summed E-state index contributed by atoms with van der Waals surface area (Å²) >= 11 is 0. The van der Waals surface area contributed by atoms with E-state index in [9.17, 15) is 9.59 Å². The van der Waals surface area contributed by atoms with Crippen molar-refractivity contribution >= 4 is 17.7 Å². The second kappa shape index (κ2) is 5.48. The molecular weight excluding hydrogens is 198 g/mol. The smallest absolute Gasteiger partial charge is 0.311 e. The van der Waals surface area contributed by atoms with E-state index in [0.29, 0.717) is 5.71 Å². The normalized spacial score (nSPS) is 14.3. The molecule has 0 aromatic carbocycles. The van der Waals surface area contributed by atoms with Crippen molar-refractivity contribution in [2.45, 2.75) is 31.7 Å². The van der Waals surface area contributed by atoms with Gasteiger partial charge in [0, 0.05) is 5.71 Å². The SMILES string of the molecule is COC(=O)CC(CC(=O)OC)=NC1CC1. The van der Waals surface area contributed by atoms with Crippen LogP contribution >= 0.6 is 0 Å². The van der Waals surface area contributed by atoms with E-state index in [1.165, 1.54) is 14.2 Å². The van der Waals surface area contributed by atoms with Crippen LogP contribution in [0.5, 0.6) is 0 Å². The number of methoxy groups -OCH3 is 2. The largest absolute Gasteiger partial charge is 0.469 e. The Kier molecular flexibility index (Phi) is 4.27. The van der Waals surface area contributed by atoms with E-state index in [2.05, 4.69) is 14.5 Å². The van der Waals surface area contributed by atoms with Crippen LogP contribution < -0.4 is 0 Å². The zero-order valence-corrected chi connectivity index (χ0v) is 8.99. The molecule has 0 heterocycles. The lowest BCUT2D eigenvalue weighted by molar-refractivity contribution is -0.139. The van der Waals surface area contributed by atoms with Gasteiger partial charge in [-0.15, -0.1) is 0 Å².